The van der Waals surface area contributed by atoms with Crippen LogP contribution >= 0.6 is 0 Å². The fourth-order valence-corrected chi connectivity index (χ4v) is 4.60. The van der Waals surface area contributed by atoms with Crippen molar-refractivity contribution in [1.29, 1.82) is 5.26 Å². The molecule has 0 atom stereocenters. The molecule has 0 bridgehead atoms. The van der Waals surface area contributed by atoms with Crippen LogP contribution in [0.1, 0.15) is 5.56 Å². The molecule has 4 heteroatoms. The molecule has 1 aromatic heterocycles. The number of fused-ring (bicyclic) bond motifs is 2. The van der Waals surface area contributed by atoms with Crippen molar-refractivity contribution in [2.75, 3.05) is 9.80 Å². The van der Waals surface area contributed by atoms with Gasteiger partial charge in [-0.3, -0.25) is 4.98 Å². The van der Waals surface area contributed by atoms with Gasteiger partial charge in [0.2, 0.25) is 0 Å². The highest BCUT2D eigenvalue weighted by molar-refractivity contribution is 6.01. The molecule has 0 radical (unpaired) electrons. The molecule has 160 valence electrons. The molecule has 6 rings (SSSR count). The number of benzene rings is 4. The van der Waals surface area contributed by atoms with Crippen LogP contribution in [0.4, 0.5) is 34.1 Å². The Bertz CT molecular complexity index is 1490. The number of nitrogens with zero attached hydrogens (tertiary/aromatic N) is 4. The summed E-state index contributed by atoms with van der Waals surface area (Å²) in [5, 5.41) is 9.59. The monoisotopic (exact) mass is 436 g/mol. The predicted octanol–water partition coefficient (Wildman–Crippen LogP) is 7.87. The first-order valence-electron chi connectivity index (χ1n) is 11.1. The summed E-state index contributed by atoms with van der Waals surface area (Å²) in [5.41, 5.74) is 8.68. The molecule has 0 saturated heterocycles. The van der Waals surface area contributed by atoms with Gasteiger partial charge in [-0.25, -0.2) is 0 Å². The number of hydrogen-bond donors (Lipinski definition) is 0. The van der Waals surface area contributed by atoms with Gasteiger partial charge in [-0.15, -0.1) is 0 Å². The van der Waals surface area contributed by atoms with Gasteiger partial charge in [0.25, 0.3) is 0 Å². The highest BCUT2D eigenvalue weighted by Crippen LogP contribution is 2.53. The number of pyridine rings is 1. The van der Waals surface area contributed by atoms with E-state index in [1.807, 2.05) is 18.2 Å². The van der Waals surface area contributed by atoms with Crippen molar-refractivity contribution in [3.05, 3.63) is 127 Å². The summed E-state index contributed by atoms with van der Waals surface area (Å²) >= 11 is 0. The molecule has 1 aliphatic rings. The van der Waals surface area contributed by atoms with Crippen LogP contribution in [0.15, 0.2) is 121 Å². The molecule has 34 heavy (non-hydrogen) atoms. The van der Waals surface area contributed by atoms with E-state index in [0.717, 1.165) is 39.7 Å². The van der Waals surface area contributed by atoms with Crippen LogP contribution in [0.25, 0.3) is 11.3 Å². The number of aromatic nitrogens is 1. The first-order chi connectivity index (χ1) is 16.8. The quantitative estimate of drug-likeness (QED) is 0.283. The van der Waals surface area contributed by atoms with E-state index in [4.69, 9.17) is 0 Å². The second kappa shape index (κ2) is 8.23. The van der Waals surface area contributed by atoms with Crippen LogP contribution in [-0.2, 0) is 0 Å². The Balaban J connectivity index is 1.56. The van der Waals surface area contributed by atoms with Crippen LogP contribution in [0, 0.1) is 11.3 Å². The number of nitriles is 1. The van der Waals surface area contributed by atoms with Crippen molar-refractivity contribution in [1.82, 2.24) is 4.98 Å². The minimum absolute atomic E-state index is 0.564. The van der Waals surface area contributed by atoms with E-state index in [2.05, 4.69) is 106 Å². The SMILES string of the molecule is N#Cc1cccnc1-c1cccc(N2c3ccccc3N(c3ccccc3)c3ccccc32)c1. The lowest BCUT2D eigenvalue weighted by Crippen LogP contribution is -2.23. The van der Waals surface area contributed by atoms with Crippen molar-refractivity contribution >= 4 is 34.1 Å². The van der Waals surface area contributed by atoms with Gasteiger partial charge >= 0.3 is 0 Å². The fourth-order valence-electron chi connectivity index (χ4n) is 4.60. The number of hydrogen-bond acceptors (Lipinski definition) is 4. The summed E-state index contributed by atoms with van der Waals surface area (Å²) in [6.07, 6.45) is 1.73. The molecule has 1 aliphatic heterocycles. The summed E-state index contributed by atoms with van der Waals surface area (Å²) in [6, 6.07) is 41.4. The van der Waals surface area contributed by atoms with Gasteiger partial charge in [0.1, 0.15) is 6.07 Å². The topological polar surface area (TPSA) is 43.2 Å². The highest BCUT2D eigenvalue weighted by Gasteiger charge is 2.30. The lowest BCUT2D eigenvalue weighted by Gasteiger charge is -2.40. The van der Waals surface area contributed by atoms with Crippen LogP contribution in [0.3, 0.4) is 0 Å². The summed E-state index contributed by atoms with van der Waals surface area (Å²) in [7, 11) is 0. The van der Waals surface area contributed by atoms with Crippen LogP contribution < -0.4 is 9.80 Å². The zero-order valence-electron chi connectivity index (χ0n) is 18.3. The van der Waals surface area contributed by atoms with Gasteiger partial charge in [0.15, 0.2) is 0 Å². The normalized spacial score (nSPS) is 12.0. The van der Waals surface area contributed by atoms with E-state index in [0.29, 0.717) is 11.3 Å². The predicted molar refractivity (Wildman–Crippen MR) is 137 cm³/mol. The number of anilines is 6. The molecule has 4 nitrogen and oxygen atoms in total. The third kappa shape index (κ3) is 3.19. The molecule has 0 amide bonds. The molecular weight excluding hydrogens is 416 g/mol. The smallest absolute Gasteiger partial charge is 0.101 e. The Labute approximate surface area is 198 Å². The van der Waals surface area contributed by atoms with E-state index >= 15 is 0 Å². The Morgan fingerprint density at radius 2 is 1.12 bits per heavy atom. The largest absolute Gasteiger partial charge is 0.306 e. The van der Waals surface area contributed by atoms with Crippen LogP contribution in [-0.4, -0.2) is 4.98 Å². The highest BCUT2D eigenvalue weighted by atomic mass is 15.3. The van der Waals surface area contributed by atoms with Gasteiger partial charge in [-0.05, 0) is 60.7 Å². The molecule has 0 spiro atoms. The summed E-state index contributed by atoms with van der Waals surface area (Å²) in [4.78, 5) is 9.08. The van der Waals surface area contributed by atoms with E-state index in [-0.39, 0.29) is 0 Å². The Kier molecular flexibility index (Phi) is 4.79. The maximum Gasteiger partial charge on any atom is 0.101 e. The zero-order valence-corrected chi connectivity index (χ0v) is 18.3. The van der Waals surface area contributed by atoms with E-state index in [1.54, 1.807) is 18.3 Å². The molecule has 2 heterocycles. The van der Waals surface area contributed by atoms with Gasteiger partial charge in [-0.2, -0.15) is 5.26 Å². The lowest BCUT2D eigenvalue weighted by molar-refractivity contribution is 1.17. The molecule has 0 fully saturated rings. The Morgan fingerprint density at radius 3 is 1.74 bits per heavy atom. The standard InChI is InChI=1S/C30H20N4/c31-21-23-11-9-19-32-30(23)22-10-8-14-25(20-22)34-28-17-6-4-15-26(28)33(24-12-2-1-3-13-24)27-16-5-7-18-29(27)34/h1-20H. The van der Waals surface area contributed by atoms with E-state index in [9.17, 15) is 5.26 Å². The lowest BCUT2D eigenvalue weighted by atomic mass is 10.0. The third-order valence-corrected chi connectivity index (χ3v) is 6.05. The van der Waals surface area contributed by atoms with Crippen molar-refractivity contribution in [2.24, 2.45) is 0 Å². The van der Waals surface area contributed by atoms with Gasteiger partial charge in [0.05, 0.1) is 34.0 Å². The van der Waals surface area contributed by atoms with E-state index in [1.165, 1.54) is 0 Å². The minimum atomic E-state index is 0.564. The number of rotatable bonds is 3. The fraction of sp³-hybridized carbons (Fsp3) is 0. The second-order valence-electron chi connectivity index (χ2n) is 8.05. The molecule has 0 aliphatic carbocycles. The maximum atomic E-state index is 9.59. The average molecular weight is 437 g/mol. The van der Waals surface area contributed by atoms with Crippen molar-refractivity contribution < 1.29 is 0 Å². The molecule has 4 aromatic carbocycles. The summed E-state index contributed by atoms with van der Waals surface area (Å²) in [5.74, 6) is 0. The first kappa shape index (κ1) is 19.8. The Morgan fingerprint density at radius 1 is 0.559 bits per heavy atom. The molecule has 0 unspecified atom stereocenters. The minimum Gasteiger partial charge on any atom is -0.306 e. The van der Waals surface area contributed by atoms with Crippen LogP contribution in [0.5, 0.6) is 0 Å². The molecule has 0 saturated carbocycles. The molecule has 5 aromatic rings. The summed E-state index contributed by atoms with van der Waals surface area (Å²) < 4.78 is 0. The van der Waals surface area contributed by atoms with Crippen molar-refractivity contribution in [3.63, 3.8) is 0 Å². The molecule has 0 N–H and O–H groups in total. The van der Waals surface area contributed by atoms with Gasteiger partial charge < -0.3 is 9.80 Å². The first-order valence-corrected chi connectivity index (χ1v) is 11.1. The van der Waals surface area contributed by atoms with Crippen molar-refractivity contribution in [3.8, 4) is 17.3 Å². The summed E-state index contributed by atoms with van der Waals surface area (Å²) in [6.45, 7) is 0. The zero-order chi connectivity index (χ0) is 22.9. The molecular formula is C30H20N4. The van der Waals surface area contributed by atoms with Crippen LogP contribution in [0.2, 0.25) is 0 Å². The second-order valence-corrected chi connectivity index (χ2v) is 8.05. The maximum absolute atomic E-state index is 9.59. The van der Waals surface area contributed by atoms with Crippen molar-refractivity contribution in [2.45, 2.75) is 0 Å². The average Bonchev–Trinajstić information content (AvgIpc) is 2.92. The third-order valence-electron chi connectivity index (χ3n) is 6.05. The van der Waals surface area contributed by atoms with Gasteiger partial charge in [-0.1, -0.05) is 54.6 Å². The van der Waals surface area contributed by atoms with Gasteiger partial charge in [0, 0.05) is 23.1 Å². The van der Waals surface area contributed by atoms with E-state index < -0.39 is 0 Å². The number of para-hydroxylation sites is 5. The Hall–Kier alpha value is -4.88.